The molecule has 0 radical (unpaired) electrons. The summed E-state index contributed by atoms with van der Waals surface area (Å²) in [6, 6.07) is 39.4. The number of nitrogens with zero attached hydrogens (tertiary/aromatic N) is 3. The third kappa shape index (κ3) is 3.05. The molecule has 0 fully saturated rings. The number of hydrogen-bond donors (Lipinski definition) is 0. The number of hydrazine groups is 1. The summed E-state index contributed by atoms with van der Waals surface area (Å²) in [5, 5.41) is 4.94. The second-order valence-corrected chi connectivity index (χ2v) is 8.22. The van der Waals surface area contributed by atoms with Crippen LogP contribution in [0.4, 0.5) is 17.1 Å². The largest absolute Gasteiger partial charge is 0.345 e. The molecule has 31 heavy (non-hydrogen) atoms. The van der Waals surface area contributed by atoms with Gasteiger partial charge < -0.3 is 4.90 Å². The highest BCUT2D eigenvalue weighted by Gasteiger charge is 2.39. The van der Waals surface area contributed by atoms with Crippen LogP contribution >= 0.6 is 0 Å². The summed E-state index contributed by atoms with van der Waals surface area (Å²) in [6.45, 7) is 1.83. The topological polar surface area (TPSA) is 9.72 Å². The van der Waals surface area contributed by atoms with Crippen LogP contribution in [0, 0.1) is 0 Å². The molecule has 2 aliphatic rings. The number of hydrogen-bond acceptors (Lipinski definition) is 3. The molecule has 0 amide bonds. The molecule has 3 heteroatoms. The van der Waals surface area contributed by atoms with Crippen LogP contribution in [0.3, 0.4) is 0 Å². The van der Waals surface area contributed by atoms with Crippen LogP contribution in [0.25, 0.3) is 0 Å². The lowest BCUT2D eigenvalue weighted by atomic mass is 9.95. The number of para-hydroxylation sites is 3. The lowest BCUT2D eigenvalue weighted by Gasteiger charge is -2.48. The van der Waals surface area contributed by atoms with Gasteiger partial charge in [0.15, 0.2) is 0 Å². The van der Waals surface area contributed by atoms with Gasteiger partial charge in [-0.15, -0.1) is 0 Å². The van der Waals surface area contributed by atoms with Crippen molar-refractivity contribution in [3.8, 4) is 0 Å². The van der Waals surface area contributed by atoms with E-state index in [0.717, 1.165) is 19.5 Å². The molecule has 1 atom stereocenters. The second kappa shape index (κ2) is 7.51. The molecule has 6 rings (SSSR count). The molecule has 0 saturated carbocycles. The monoisotopic (exact) mass is 403 g/mol. The van der Waals surface area contributed by atoms with Crippen molar-refractivity contribution in [1.82, 2.24) is 0 Å². The number of fused-ring (bicyclic) bond motifs is 5. The zero-order valence-corrected chi connectivity index (χ0v) is 17.4. The summed E-state index contributed by atoms with van der Waals surface area (Å²) in [4.78, 5) is 2.59. The third-order valence-electron chi connectivity index (χ3n) is 6.44. The Balaban J connectivity index is 1.63. The molecule has 3 nitrogen and oxygen atoms in total. The standard InChI is InChI=1S/C28H25N3/c1-3-13-24(14-4-1)30-21-23-12-8-10-18-27(23)29-20-19-22-11-7-9-17-26(22)28(29)31(30)25-15-5-2-6-16-25/h1-18,28H,19-21H2/t28-/m0/s1. The van der Waals surface area contributed by atoms with Crippen LogP contribution in [0.2, 0.25) is 0 Å². The average molecular weight is 404 g/mol. The molecule has 152 valence electrons. The van der Waals surface area contributed by atoms with Crippen molar-refractivity contribution in [3.63, 3.8) is 0 Å². The van der Waals surface area contributed by atoms with Crippen LogP contribution in [0.1, 0.15) is 22.9 Å². The van der Waals surface area contributed by atoms with Gasteiger partial charge >= 0.3 is 0 Å². The summed E-state index contributed by atoms with van der Waals surface area (Å²) in [6.07, 6.45) is 1.16. The molecule has 0 unspecified atom stereocenters. The Kier molecular flexibility index (Phi) is 4.38. The molecule has 0 aliphatic carbocycles. The Morgan fingerprint density at radius 1 is 0.581 bits per heavy atom. The number of rotatable bonds is 2. The fourth-order valence-electron chi connectivity index (χ4n) is 5.03. The van der Waals surface area contributed by atoms with Gasteiger partial charge in [0.05, 0.1) is 17.9 Å². The molecule has 4 aromatic rings. The van der Waals surface area contributed by atoms with Crippen molar-refractivity contribution in [2.45, 2.75) is 19.1 Å². The smallest absolute Gasteiger partial charge is 0.148 e. The Bertz CT molecular complexity index is 1190. The molecule has 4 aromatic carbocycles. The molecule has 0 N–H and O–H groups in total. The van der Waals surface area contributed by atoms with Gasteiger partial charge in [-0.1, -0.05) is 78.9 Å². The van der Waals surface area contributed by atoms with Crippen molar-refractivity contribution in [2.75, 3.05) is 21.5 Å². The van der Waals surface area contributed by atoms with Crippen LogP contribution in [0.5, 0.6) is 0 Å². The van der Waals surface area contributed by atoms with Crippen molar-refractivity contribution in [2.24, 2.45) is 0 Å². The van der Waals surface area contributed by atoms with Crippen molar-refractivity contribution < 1.29 is 0 Å². The van der Waals surface area contributed by atoms with E-state index in [1.807, 2.05) is 0 Å². The normalized spacial score (nSPS) is 17.4. The zero-order chi connectivity index (χ0) is 20.6. The van der Waals surface area contributed by atoms with Gasteiger partial charge in [0.1, 0.15) is 6.17 Å². The fourth-order valence-corrected chi connectivity index (χ4v) is 5.03. The van der Waals surface area contributed by atoms with Crippen molar-refractivity contribution in [3.05, 3.63) is 126 Å². The minimum Gasteiger partial charge on any atom is -0.345 e. The first kappa shape index (κ1) is 18.1. The van der Waals surface area contributed by atoms with Crippen LogP contribution < -0.4 is 14.9 Å². The maximum Gasteiger partial charge on any atom is 0.148 e. The van der Waals surface area contributed by atoms with Crippen LogP contribution in [-0.4, -0.2) is 6.54 Å². The van der Waals surface area contributed by atoms with Gasteiger partial charge in [0.25, 0.3) is 0 Å². The van der Waals surface area contributed by atoms with Gasteiger partial charge in [0, 0.05) is 12.2 Å². The maximum absolute atomic E-state index is 2.59. The summed E-state index contributed by atoms with van der Waals surface area (Å²) in [5.74, 6) is 0. The minimum absolute atomic E-state index is 0.0937. The van der Waals surface area contributed by atoms with Crippen LogP contribution in [-0.2, 0) is 13.0 Å². The highest BCUT2D eigenvalue weighted by atomic mass is 15.7. The van der Waals surface area contributed by atoms with Gasteiger partial charge in [0.2, 0.25) is 0 Å². The molecule has 0 spiro atoms. The average Bonchev–Trinajstić information content (AvgIpc) is 3.00. The summed E-state index contributed by atoms with van der Waals surface area (Å²) >= 11 is 0. The molecule has 0 aromatic heterocycles. The van der Waals surface area contributed by atoms with Crippen molar-refractivity contribution >= 4 is 17.1 Å². The third-order valence-corrected chi connectivity index (χ3v) is 6.44. The Morgan fingerprint density at radius 3 is 1.97 bits per heavy atom. The zero-order valence-electron chi connectivity index (χ0n) is 17.4. The van der Waals surface area contributed by atoms with E-state index in [1.165, 1.54) is 33.8 Å². The van der Waals surface area contributed by atoms with Crippen LogP contribution in [0.15, 0.2) is 109 Å². The van der Waals surface area contributed by atoms with E-state index in [9.17, 15) is 0 Å². The minimum atomic E-state index is 0.0937. The van der Waals surface area contributed by atoms with E-state index >= 15 is 0 Å². The fraction of sp³-hybridized carbons (Fsp3) is 0.143. The maximum atomic E-state index is 2.59. The Hall–Kier alpha value is -3.72. The lowest BCUT2D eigenvalue weighted by molar-refractivity contribution is 0.537. The Morgan fingerprint density at radius 2 is 1.19 bits per heavy atom. The molecular weight excluding hydrogens is 378 g/mol. The van der Waals surface area contributed by atoms with Gasteiger partial charge in [-0.3, -0.25) is 10.0 Å². The second-order valence-electron chi connectivity index (χ2n) is 8.22. The first-order valence-electron chi connectivity index (χ1n) is 11.0. The number of benzene rings is 4. The quantitative estimate of drug-likeness (QED) is 0.395. The highest BCUT2D eigenvalue weighted by molar-refractivity contribution is 5.68. The first-order chi connectivity index (χ1) is 15.4. The van der Waals surface area contributed by atoms with E-state index in [2.05, 4.69) is 124 Å². The summed E-state index contributed by atoms with van der Waals surface area (Å²) in [7, 11) is 0. The van der Waals surface area contributed by atoms with E-state index in [-0.39, 0.29) is 6.17 Å². The molecule has 2 heterocycles. The lowest BCUT2D eigenvalue weighted by Crippen LogP contribution is -2.51. The van der Waals surface area contributed by atoms with Gasteiger partial charge in [-0.05, 0) is 53.4 Å². The molecule has 2 aliphatic heterocycles. The summed E-state index contributed by atoms with van der Waals surface area (Å²) in [5.41, 5.74) is 7.92. The number of anilines is 3. The van der Waals surface area contributed by atoms with Gasteiger partial charge in [-0.2, -0.15) is 0 Å². The molecule has 0 bridgehead atoms. The van der Waals surface area contributed by atoms with E-state index in [4.69, 9.17) is 0 Å². The molecular formula is C28H25N3. The first-order valence-corrected chi connectivity index (χ1v) is 11.0. The Labute approximate surface area is 183 Å². The predicted octanol–water partition coefficient (Wildman–Crippen LogP) is 6.19. The molecule has 0 saturated heterocycles. The van der Waals surface area contributed by atoms with Gasteiger partial charge in [-0.25, -0.2) is 0 Å². The van der Waals surface area contributed by atoms with E-state index < -0.39 is 0 Å². The SMILES string of the molecule is c1ccc(N2Cc3ccccc3N3CCc4ccccc4[C@@H]3N2c2ccccc2)cc1. The highest BCUT2D eigenvalue weighted by Crippen LogP contribution is 2.44. The van der Waals surface area contributed by atoms with E-state index in [1.54, 1.807) is 0 Å². The van der Waals surface area contributed by atoms with Crippen molar-refractivity contribution in [1.29, 1.82) is 0 Å². The van der Waals surface area contributed by atoms with E-state index in [0.29, 0.717) is 0 Å². The predicted molar refractivity (Wildman–Crippen MR) is 128 cm³/mol. The summed E-state index contributed by atoms with van der Waals surface area (Å²) < 4.78 is 0.